The van der Waals surface area contributed by atoms with E-state index in [1.165, 1.54) is 61.8 Å². The van der Waals surface area contributed by atoms with Crippen molar-refractivity contribution in [2.45, 2.75) is 43.9 Å². The summed E-state index contributed by atoms with van der Waals surface area (Å²) >= 11 is 0. The molecule has 2 heterocycles. The fourth-order valence-corrected chi connectivity index (χ4v) is 10.4. The first-order valence-corrected chi connectivity index (χ1v) is 18.6. The maximum Gasteiger partial charge on any atom is 0.164 e. The molecule has 0 atom stereocenters. The van der Waals surface area contributed by atoms with Gasteiger partial charge in [-0.25, -0.2) is 19.3 Å². The van der Waals surface area contributed by atoms with Gasteiger partial charge in [0, 0.05) is 27.5 Å². The Bertz CT molecular complexity index is 2640. The molecule has 0 N–H and O–H groups in total. The van der Waals surface area contributed by atoms with Crippen molar-refractivity contribution in [1.29, 1.82) is 0 Å². The Morgan fingerprint density at radius 1 is 0.481 bits per heavy atom. The summed E-state index contributed by atoms with van der Waals surface area (Å²) in [5.41, 5.74) is 8.41. The molecule has 0 aliphatic heterocycles. The van der Waals surface area contributed by atoms with Gasteiger partial charge in [-0.1, -0.05) is 78.9 Å². The lowest BCUT2D eigenvalue weighted by Crippen LogP contribution is -2.48. The highest BCUT2D eigenvalue weighted by Gasteiger charge is 2.51. The van der Waals surface area contributed by atoms with E-state index in [0.717, 1.165) is 67.2 Å². The number of hydrogen-bond donors (Lipinski definition) is 0. The zero-order valence-corrected chi connectivity index (χ0v) is 28.7. The fraction of sp³-hybridized carbons (Fsp3) is 0.213. The Balaban J connectivity index is 1.02. The highest BCUT2D eigenvalue weighted by atomic mass is 19.1. The minimum atomic E-state index is -0.304. The summed E-state index contributed by atoms with van der Waals surface area (Å²) in [5, 5.41) is 4.33. The average molecular weight is 678 g/mol. The van der Waals surface area contributed by atoms with Gasteiger partial charge in [-0.2, -0.15) is 0 Å². The molecule has 4 aliphatic carbocycles. The second-order valence-corrected chi connectivity index (χ2v) is 15.6. The fourth-order valence-electron chi connectivity index (χ4n) is 10.4. The molecule has 0 radical (unpaired) electrons. The highest BCUT2D eigenvalue weighted by Crippen LogP contribution is 2.60. The van der Waals surface area contributed by atoms with E-state index in [-0.39, 0.29) is 5.82 Å². The van der Waals surface area contributed by atoms with Gasteiger partial charge >= 0.3 is 0 Å². The van der Waals surface area contributed by atoms with Gasteiger partial charge in [-0.3, -0.25) is 0 Å². The Morgan fingerprint density at radius 2 is 1.02 bits per heavy atom. The first-order valence-electron chi connectivity index (χ1n) is 18.6. The minimum Gasteiger partial charge on any atom is -0.456 e. The Morgan fingerprint density at radius 3 is 1.73 bits per heavy atom. The standard InChI is InChI=1S/C47H36FN3O/c48-35-16-11-32(12-17-35)44-49-45(33-13-18-40-39-7-3-4-8-42(39)52-43(40)24-33)51-46(50-44)41-20-19-36(37-5-1-2-6-38(37)41)31-9-14-34(15-10-31)47-25-28-21-29(26-47)23-30(22-28)27-47/h1-20,24,28-30H,21-23,25-27H2. The predicted molar refractivity (Wildman–Crippen MR) is 206 cm³/mol. The van der Waals surface area contributed by atoms with E-state index in [1.54, 1.807) is 17.7 Å². The molecule has 4 nitrogen and oxygen atoms in total. The molecule has 0 spiro atoms. The second kappa shape index (κ2) is 11.4. The van der Waals surface area contributed by atoms with Crippen LogP contribution in [0.25, 0.3) is 78.0 Å². The smallest absolute Gasteiger partial charge is 0.164 e. The number of halogens is 1. The van der Waals surface area contributed by atoms with Gasteiger partial charge in [0.15, 0.2) is 17.5 Å². The van der Waals surface area contributed by atoms with Crippen LogP contribution in [-0.2, 0) is 5.41 Å². The molecule has 5 heteroatoms. The largest absolute Gasteiger partial charge is 0.456 e. The van der Waals surface area contributed by atoms with Crippen molar-refractivity contribution >= 4 is 32.7 Å². The van der Waals surface area contributed by atoms with Crippen LogP contribution in [0.15, 0.2) is 132 Å². The first kappa shape index (κ1) is 30.0. The summed E-state index contributed by atoms with van der Waals surface area (Å²) in [4.78, 5) is 15.0. The maximum atomic E-state index is 14.0. The number of furan rings is 1. The number of benzene rings is 6. The lowest BCUT2D eigenvalue weighted by Gasteiger charge is -2.57. The summed E-state index contributed by atoms with van der Waals surface area (Å²) in [6.45, 7) is 0. The molecule has 4 fully saturated rings. The second-order valence-electron chi connectivity index (χ2n) is 15.6. The van der Waals surface area contributed by atoms with Crippen LogP contribution in [0.3, 0.4) is 0 Å². The zero-order valence-electron chi connectivity index (χ0n) is 28.7. The van der Waals surface area contributed by atoms with Crippen LogP contribution in [0.1, 0.15) is 44.1 Å². The molecule has 52 heavy (non-hydrogen) atoms. The van der Waals surface area contributed by atoms with Crippen molar-refractivity contribution in [3.63, 3.8) is 0 Å². The molecule has 0 unspecified atom stereocenters. The van der Waals surface area contributed by atoms with Crippen LogP contribution in [0.4, 0.5) is 4.39 Å². The molecular formula is C47H36FN3O. The van der Waals surface area contributed by atoms with Gasteiger partial charge in [0.2, 0.25) is 0 Å². The van der Waals surface area contributed by atoms with Crippen LogP contribution >= 0.6 is 0 Å². The Hall–Kier alpha value is -5.68. The predicted octanol–water partition coefficient (Wildman–Crippen LogP) is 12.2. The highest BCUT2D eigenvalue weighted by molar-refractivity contribution is 6.06. The van der Waals surface area contributed by atoms with E-state index in [9.17, 15) is 4.39 Å². The van der Waals surface area contributed by atoms with Gasteiger partial charge in [-0.05, 0) is 138 Å². The van der Waals surface area contributed by atoms with E-state index in [1.807, 2.05) is 30.3 Å². The van der Waals surface area contributed by atoms with E-state index in [4.69, 9.17) is 19.4 Å². The number of rotatable bonds is 5. The summed E-state index contributed by atoms with van der Waals surface area (Å²) in [7, 11) is 0. The molecule has 4 bridgehead atoms. The molecule has 2 aromatic heterocycles. The van der Waals surface area contributed by atoms with Crippen molar-refractivity contribution in [3.05, 3.63) is 139 Å². The monoisotopic (exact) mass is 677 g/mol. The minimum absolute atomic E-state index is 0.304. The summed E-state index contributed by atoms with van der Waals surface area (Å²) in [5.74, 6) is 4.05. The van der Waals surface area contributed by atoms with Crippen molar-refractivity contribution in [1.82, 2.24) is 15.0 Å². The van der Waals surface area contributed by atoms with Crippen molar-refractivity contribution in [2.75, 3.05) is 0 Å². The molecule has 252 valence electrons. The van der Waals surface area contributed by atoms with Gasteiger partial charge in [0.05, 0.1) is 0 Å². The lowest BCUT2D eigenvalue weighted by atomic mass is 9.48. The lowest BCUT2D eigenvalue weighted by molar-refractivity contribution is -0.00518. The topological polar surface area (TPSA) is 51.8 Å². The van der Waals surface area contributed by atoms with Gasteiger partial charge < -0.3 is 4.42 Å². The molecule has 4 aliphatic rings. The third-order valence-electron chi connectivity index (χ3n) is 12.4. The summed E-state index contributed by atoms with van der Waals surface area (Å²) in [6.07, 6.45) is 8.49. The van der Waals surface area contributed by atoms with Crippen molar-refractivity contribution in [2.24, 2.45) is 17.8 Å². The Labute approximate surface area is 301 Å². The molecule has 12 rings (SSSR count). The molecule has 4 saturated carbocycles. The maximum absolute atomic E-state index is 14.0. The van der Waals surface area contributed by atoms with Crippen molar-refractivity contribution < 1.29 is 8.81 Å². The molecule has 0 saturated heterocycles. The summed E-state index contributed by atoms with van der Waals surface area (Å²) < 4.78 is 20.2. The van der Waals surface area contributed by atoms with Gasteiger partial charge in [0.25, 0.3) is 0 Å². The van der Waals surface area contributed by atoms with Crippen LogP contribution in [0, 0.1) is 23.6 Å². The number of fused-ring (bicyclic) bond motifs is 4. The molecular weight excluding hydrogens is 642 g/mol. The van der Waals surface area contributed by atoms with Crippen LogP contribution in [-0.4, -0.2) is 15.0 Å². The summed E-state index contributed by atoms with van der Waals surface area (Å²) in [6, 6.07) is 42.9. The van der Waals surface area contributed by atoms with E-state index in [0.29, 0.717) is 22.9 Å². The van der Waals surface area contributed by atoms with E-state index in [2.05, 4.69) is 72.8 Å². The SMILES string of the molecule is Fc1ccc(-c2nc(-c3ccc4c(c3)oc3ccccc34)nc(-c3ccc(-c4ccc(C56CC7CC(CC(C7)C5)C6)cc4)c4ccccc34)n2)cc1. The number of hydrogen-bond acceptors (Lipinski definition) is 4. The molecule has 6 aromatic carbocycles. The average Bonchev–Trinajstić information content (AvgIpc) is 3.55. The van der Waals surface area contributed by atoms with Gasteiger partial charge in [-0.15, -0.1) is 0 Å². The third-order valence-corrected chi connectivity index (χ3v) is 12.4. The van der Waals surface area contributed by atoms with Crippen LogP contribution in [0.2, 0.25) is 0 Å². The Kier molecular flexibility index (Phi) is 6.58. The van der Waals surface area contributed by atoms with Crippen molar-refractivity contribution in [3.8, 4) is 45.3 Å². The molecule has 8 aromatic rings. The zero-order chi connectivity index (χ0) is 34.4. The number of nitrogens with zero attached hydrogens (tertiary/aromatic N) is 3. The van der Waals surface area contributed by atoms with E-state index >= 15 is 0 Å². The number of aromatic nitrogens is 3. The van der Waals surface area contributed by atoms with Crippen LogP contribution in [0.5, 0.6) is 0 Å². The third kappa shape index (κ3) is 4.82. The first-order chi connectivity index (χ1) is 25.5. The van der Waals surface area contributed by atoms with E-state index < -0.39 is 0 Å². The number of para-hydroxylation sites is 1. The van der Waals surface area contributed by atoms with Gasteiger partial charge in [0.1, 0.15) is 17.0 Å². The van der Waals surface area contributed by atoms with Crippen LogP contribution < -0.4 is 0 Å². The molecule has 0 amide bonds. The normalized spacial score (nSPS) is 22.1. The quantitative estimate of drug-likeness (QED) is 0.182.